The topological polar surface area (TPSA) is 83.5 Å². The van der Waals surface area contributed by atoms with Crippen LogP contribution in [-0.2, 0) is 22.1 Å². The van der Waals surface area contributed by atoms with Crippen LogP contribution in [0, 0.1) is 0 Å². The molecule has 0 heterocycles. The standard InChI is InChI=1S/C33H34ClNO4S/c1-33(2,3)28-15-10-23(11-16-28)24-13-18-30(19-14-24)35-22-27-12-17-29(34)21-31(27)25-6-8-26(9-7-25)32(36)5-4-20-40(37,38)39/h6-19,21,35H,4-5,20,22H2,1-3H3,(H,37,38,39). The molecule has 4 aromatic carbocycles. The van der Waals surface area contributed by atoms with Gasteiger partial charge in [0.2, 0.25) is 0 Å². The highest BCUT2D eigenvalue weighted by molar-refractivity contribution is 7.85. The quantitative estimate of drug-likeness (QED) is 0.146. The van der Waals surface area contributed by atoms with Gasteiger partial charge in [0.15, 0.2) is 5.78 Å². The van der Waals surface area contributed by atoms with E-state index in [4.69, 9.17) is 16.2 Å². The fourth-order valence-electron chi connectivity index (χ4n) is 4.51. The van der Waals surface area contributed by atoms with E-state index in [0.717, 1.165) is 27.9 Å². The second kappa shape index (κ2) is 12.4. The SMILES string of the molecule is CC(C)(C)c1ccc(-c2ccc(NCc3ccc(Cl)cc3-c3ccc(C(=O)CCCS(=O)(=O)O)cc3)cc2)cc1. The number of hydrogen-bond donors (Lipinski definition) is 2. The molecular formula is C33H34ClNO4S. The Labute approximate surface area is 242 Å². The van der Waals surface area contributed by atoms with Crippen LogP contribution in [0.25, 0.3) is 22.3 Å². The van der Waals surface area contributed by atoms with Crippen LogP contribution in [0.3, 0.4) is 0 Å². The van der Waals surface area contributed by atoms with Gasteiger partial charge in [0.1, 0.15) is 0 Å². The third kappa shape index (κ3) is 8.04. The molecule has 208 valence electrons. The molecule has 4 aromatic rings. The molecule has 7 heteroatoms. The number of anilines is 1. The monoisotopic (exact) mass is 575 g/mol. The van der Waals surface area contributed by atoms with Crippen molar-refractivity contribution in [3.63, 3.8) is 0 Å². The van der Waals surface area contributed by atoms with E-state index in [-0.39, 0.29) is 24.0 Å². The van der Waals surface area contributed by atoms with Gasteiger partial charge in [-0.3, -0.25) is 9.35 Å². The lowest BCUT2D eigenvalue weighted by Gasteiger charge is -2.19. The van der Waals surface area contributed by atoms with Crippen LogP contribution < -0.4 is 5.32 Å². The molecule has 40 heavy (non-hydrogen) atoms. The van der Waals surface area contributed by atoms with Crippen LogP contribution >= 0.6 is 11.6 Å². The molecule has 0 bridgehead atoms. The van der Waals surface area contributed by atoms with E-state index in [2.05, 4.69) is 74.6 Å². The number of halogens is 1. The van der Waals surface area contributed by atoms with Gasteiger partial charge < -0.3 is 5.32 Å². The smallest absolute Gasteiger partial charge is 0.264 e. The molecule has 0 aliphatic rings. The van der Waals surface area contributed by atoms with Gasteiger partial charge in [0, 0.05) is 29.2 Å². The lowest BCUT2D eigenvalue weighted by atomic mass is 9.86. The van der Waals surface area contributed by atoms with E-state index < -0.39 is 15.9 Å². The van der Waals surface area contributed by atoms with Gasteiger partial charge in [-0.15, -0.1) is 0 Å². The molecule has 0 aliphatic carbocycles. The van der Waals surface area contributed by atoms with Crippen molar-refractivity contribution in [2.45, 2.75) is 45.6 Å². The summed E-state index contributed by atoms with van der Waals surface area (Å²) in [6, 6.07) is 30.0. The second-order valence-electron chi connectivity index (χ2n) is 10.9. The van der Waals surface area contributed by atoms with Gasteiger partial charge in [0.25, 0.3) is 10.1 Å². The van der Waals surface area contributed by atoms with E-state index in [9.17, 15) is 13.2 Å². The highest BCUT2D eigenvalue weighted by Gasteiger charge is 2.14. The molecular weight excluding hydrogens is 542 g/mol. The maximum Gasteiger partial charge on any atom is 0.264 e. The van der Waals surface area contributed by atoms with Crippen molar-refractivity contribution in [3.8, 4) is 22.3 Å². The van der Waals surface area contributed by atoms with Crippen molar-refractivity contribution in [1.82, 2.24) is 0 Å². The van der Waals surface area contributed by atoms with Crippen molar-refractivity contribution in [2.24, 2.45) is 0 Å². The number of carbonyl (C=O) groups excluding carboxylic acids is 1. The Bertz CT molecular complexity index is 1570. The number of benzene rings is 4. The molecule has 0 fully saturated rings. The summed E-state index contributed by atoms with van der Waals surface area (Å²) in [7, 11) is -4.07. The molecule has 0 saturated heterocycles. The van der Waals surface area contributed by atoms with Crippen LogP contribution in [0.4, 0.5) is 5.69 Å². The number of carbonyl (C=O) groups is 1. The maximum absolute atomic E-state index is 12.4. The minimum Gasteiger partial charge on any atom is -0.381 e. The zero-order valence-electron chi connectivity index (χ0n) is 22.9. The van der Waals surface area contributed by atoms with E-state index in [0.29, 0.717) is 17.1 Å². The first-order valence-electron chi connectivity index (χ1n) is 13.2. The minimum atomic E-state index is -4.07. The number of nitrogens with one attached hydrogen (secondary N) is 1. The third-order valence-corrected chi connectivity index (χ3v) is 7.89. The number of hydrogen-bond acceptors (Lipinski definition) is 4. The summed E-state index contributed by atoms with van der Waals surface area (Å²) in [4.78, 5) is 12.4. The largest absolute Gasteiger partial charge is 0.381 e. The first kappa shape index (κ1) is 29.5. The minimum absolute atomic E-state index is 0.0481. The third-order valence-electron chi connectivity index (χ3n) is 6.85. The zero-order valence-corrected chi connectivity index (χ0v) is 24.5. The van der Waals surface area contributed by atoms with Crippen molar-refractivity contribution >= 4 is 33.2 Å². The molecule has 5 nitrogen and oxygen atoms in total. The summed E-state index contributed by atoms with van der Waals surface area (Å²) in [6.07, 6.45) is 0.125. The molecule has 4 rings (SSSR count). The average molecular weight is 576 g/mol. The molecule has 0 spiro atoms. The summed E-state index contributed by atoms with van der Waals surface area (Å²) < 4.78 is 30.7. The Morgan fingerprint density at radius 1 is 0.825 bits per heavy atom. The van der Waals surface area contributed by atoms with Gasteiger partial charge in [-0.05, 0) is 69.5 Å². The normalized spacial score (nSPS) is 11.8. The first-order chi connectivity index (χ1) is 18.9. The van der Waals surface area contributed by atoms with Crippen molar-refractivity contribution in [2.75, 3.05) is 11.1 Å². The highest BCUT2D eigenvalue weighted by Crippen LogP contribution is 2.30. The summed E-state index contributed by atoms with van der Waals surface area (Å²) in [5.41, 5.74) is 8.20. The summed E-state index contributed by atoms with van der Waals surface area (Å²) in [5.74, 6) is -0.597. The summed E-state index contributed by atoms with van der Waals surface area (Å²) in [6.45, 7) is 7.22. The van der Waals surface area contributed by atoms with Crippen LogP contribution in [0.5, 0.6) is 0 Å². The Morgan fingerprint density at radius 2 is 1.40 bits per heavy atom. The fourth-order valence-corrected chi connectivity index (χ4v) is 5.19. The van der Waals surface area contributed by atoms with Gasteiger partial charge >= 0.3 is 0 Å². The number of ketones is 1. The van der Waals surface area contributed by atoms with E-state index >= 15 is 0 Å². The number of Topliss-reactive ketones (excluding diaryl/α,β-unsaturated/α-hetero) is 1. The highest BCUT2D eigenvalue weighted by atomic mass is 35.5. The maximum atomic E-state index is 12.4. The van der Waals surface area contributed by atoms with Gasteiger partial charge in [0.05, 0.1) is 5.75 Å². The first-order valence-corrected chi connectivity index (χ1v) is 15.2. The molecule has 0 radical (unpaired) electrons. The van der Waals surface area contributed by atoms with E-state index in [1.165, 1.54) is 11.1 Å². The van der Waals surface area contributed by atoms with Gasteiger partial charge in [-0.2, -0.15) is 8.42 Å². The Morgan fingerprint density at radius 3 is 1.98 bits per heavy atom. The second-order valence-corrected chi connectivity index (χ2v) is 13.0. The van der Waals surface area contributed by atoms with Gasteiger partial charge in [-0.1, -0.05) is 99.1 Å². The Kier molecular flexibility index (Phi) is 9.14. The molecule has 0 atom stereocenters. The fraction of sp³-hybridized carbons (Fsp3) is 0.242. The molecule has 0 unspecified atom stereocenters. The summed E-state index contributed by atoms with van der Waals surface area (Å²) in [5, 5.41) is 4.11. The van der Waals surface area contributed by atoms with E-state index in [1.54, 1.807) is 12.1 Å². The molecule has 0 aromatic heterocycles. The van der Waals surface area contributed by atoms with Crippen LogP contribution in [0.15, 0.2) is 91.0 Å². The van der Waals surface area contributed by atoms with Crippen molar-refractivity contribution in [3.05, 3.63) is 113 Å². The predicted octanol–water partition coefficient (Wildman–Crippen LogP) is 8.43. The molecule has 2 N–H and O–H groups in total. The van der Waals surface area contributed by atoms with Crippen molar-refractivity contribution in [1.29, 1.82) is 0 Å². The lowest BCUT2D eigenvalue weighted by molar-refractivity contribution is 0.0982. The van der Waals surface area contributed by atoms with Gasteiger partial charge in [-0.25, -0.2) is 0 Å². The Hall–Kier alpha value is -3.45. The Balaban J connectivity index is 1.43. The molecule has 0 aliphatic heterocycles. The van der Waals surface area contributed by atoms with Crippen LogP contribution in [0.1, 0.15) is 55.1 Å². The molecule has 0 saturated carbocycles. The average Bonchev–Trinajstić information content (AvgIpc) is 2.91. The number of rotatable bonds is 10. The lowest BCUT2D eigenvalue weighted by Crippen LogP contribution is -2.10. The molecule has 0 amide bonds. The van der Waals surface area contributed by atoms with Crippen molar-refractivity contribution < 1.29 is 17.8 Å². The summed E-state index contributed by atoms with van der Waals surface area (Å²) >= 11 is 6.33. The van der Waals surface area contributed by atoms with E-state index in [1.807, 2.05) is 30.3 Å². The predicted molar refractivity (Wildman–Crippen MR) is 165 cm³/mol. The van der Waals surface area contributed by atoms with Crippen LogP contribution in [-0.4, -0.2) is 24.5 Å². The zero-order chi connectivity index (χ0) is 28.9. The van der Waals surface area contributed by atoms with Crippen LogP contribution in [0.2, 0.25) is 5.02 Å².